The lowest BCUT2D eigenvalue weighted by atomic mass is 10.1. The maximum Gasteiger partial charge on any atom is 0.186 e. The fourth-order valence-corrected chi connectivity index (χ4v) is 1.28. The summed E-state index contributed by atoms with van der Waals surface area (Å²) in [5.41, 5.74) is 6.18. The van der Waals surface area contributed by atoms with Crippen molar-refractivity contribution in [1.82, 2.24) is 25.2 Å². The number of aromatic nitrogens is 5. The van der Waals surface area contributed by atoms with Gasteiger partial charge in [-0.05, 0) is 26.0 Å². The quantitative estimate of drug-likeness (QED) is 0.659. The van der Waals surface area contributed by atoms with E-state index in [0.29, 0.717) is 11.5 Å². The second-order valence-corrected chi connectivity index (χ2v) is 4.14. The van der Waals surface area contributed by atoms with E-state index in [4.69, 9.17) is 5.73 Å². The van der Waals surface area contributed by atoms with Crippen molar-refractivity contribution in [3.8, 4) is 0 Å². The maximum atomic E-state index is 5.65. The number of nitrogens with two attached hydrogens (primary N) is 1. The Hall–Kier alpha value is -1.72. The number of hydrogen-bond donors (Lipinski definition) is 1. The Balaban J connectivity index is 2.76. The second-order valence-electron chi connectivity index (χ2n) is 4.14. The largest absolute Gasteiger partial charge is 0.381 e. The first-order valence-corrected chi connectivity index (χ1v) is 4.33. The van der Waals surface area contributed by atoms with Crippen LogP contribution in [0, 0.1) is 0 Å². The predicted octanol–water partition coefficient (Wildman–Crippen LogP) is 0.558. The van der Waals surface area contributed by atoms with Gasteiger partial charge < -0.3 is 5.73 Å². The van der Waals surface area contributed by atoms with Gasteiger partial charge >= 0.3 is 0 Å². The lowest BCUT2D eigenvalue weighted by Crippen LogP contribution is -2.23. The normalized spacial score (nSPS) is 12.2. The number of rotatable bonds is 0. The summed E-state index contributed by atoms with van der Waals surface area (Å²) in [4.78, 5) is 0. The van der Waals surface area contributed by atoms with Crippen LogP contribution in [0.5, 0.6) is 0 Å². The lowest BCUT2D eigenvalue weighted by Gasteiger charge is -2.19. The minimum atomic E-state index is -0.135. The van der Waals surface area contributed by atoms with Crippen LogP contribution in [0.1, 0.15) is 20.8 Å². The van der Waals surface area contributed by atoms with Gasteiger partial charge in [-0.15, -0.1) is 10.2 Å². The molecule has 2 N–H and O–H groups in total. The van der Waals surface area contributed by atoms with Gasteiger partial charge in [0.2, 0.25) is 0 Å². The molecule has 0 amide bonds. The molecular formula is C8H12N6. The summed E-state index contributed by atoms with van der Waals surface area (Å²) in [6.45, 7) is 6.12. The average molecular weight is 192 g/mol. The minimum absolute atomic E-state index is 0.135. The molecule has 74 valence electrons. The first kappa shape index (κ1) is 8.86. The number of nitrogen functional groups attached to an aromatic ring is 1. The molecule has 0 unspecified atom stereocenters. The Bertz CT molecular complexity index is 466. The summed E-state index contributed by atoms with van der Waals surface area (Å²) in [5, 5.41) is 16.1. The summed E-state index contributed by atoms with van der Waals surface area (Å²) in [5.74, 6) is 0.366. The molecule has 2 heterocycles. The highest BCUT2D eigenvalue weighted by Crippen LogP contribution is 2.21. The van der Waals surface area contributed by atoms with E-state index >= 15 is 0 Å². The van der Waals surface area contributed by atoms with Crippen LogP contribution < -0.4 is 5.73 Å². The highest BCUT2D eigenvalue weighted by molar-refractivity contribution is 5.84. The van der Waals surface area contributed by atoms with Crippen molar-refractivity contribution >= 4 is 16.9 Å². The molecule has 0 atom stereocenters. The highest BCUT2D eigenvalue weighted by atomic mass is 15.4. The van der Waals surface area contributed by atoms with Crippen molar-refractivity contribution in [2.75, 3.05) is 5.73 Å². The van der Waals surface area contributed by atoms with Gasteiger partial charge in [-0.3, -0.25) is 0 Å². The summed E-state index contributed by atoms with van der Waals surface area (Å²) in [6, 6.07) is 0. The monoisotopic (exact) mass is 192 g/mol. The molecule has 2 aromatic heterocycles. The fraction of sp³-hybridized carbons (Fsp3) is 0.500. The molecule has 0 spiro atoms. The molecule has 2 aromatic rings. The Kier molecular flexibility index (Phi) is 1.67. The predicted molar refractivity (Wildman–Crippen MR) is 52.5 cm³/mol. The van der Waals surface area contributed by atoms with E-state index in [0.717, 1.165) is 5.39 Å². The highest BCUT2D eigenvalue weighted by Gasteiger charge is 2.19. The molecule has 0 radical (unpaired) electrons. The molecule has 0 aliphatic carbocycles. The van der Waals surface area contributed by atoms with Gasteiger partial charge in [-0.1, -0.05) is 0 Å². The van der Waals surface area contributed by atoms with Gasteiger partial charge in [0, 0.05) is 0 Å². The zero-order valence-corrected chi connectivity index (χ0v) is 8.39. The molecular weight excluding hydrogens is 180 g/mol. The van der Waals surface area contributed by atoms with Gasteiger partial charge in [0.1, 0.15) is 0 Å². The lowest BCUT2D eigenvalue weighted by molar-refractivity contribution is 0.365. The Labute approximate surface area is 81.1 Å². The molecule has 0 bridgehead atoms. The third kappa shape index (κ3) is 1.19. The van der Waals surface area contributed by atoms with Crippen LogP contribution in [0.4, 0.5) is 5.82 Å². The van der Waals surface area contributed by atoms with E-state index in [1.807, 2.05) is 20.8 Å². The van der Waals surface area contributed by atoms with Crippen molar-refractivity contribution in [3.63, 3.8) is 0 Å². The molecule has 0 aromatic carbocycles. The number of fused-ring (bicyclic) bond motifs is 1. The molecule has 0 aliphatic heterocycles. The number of anilines is 1. The van der Waals surface area contributed by atoms with Gasteiger partial charge in [-0.2, -0.15) is 5.10 Å². The van der Waals surface area contributed by atoms with Gasteiger partial charge in [0.15, 0.2) is 11.5 Å². The van der Waals surface area contributed by atoms with Crippen LogP contribution in [0.3, 0.4) is 0 Å². The summed E-state index contributed by atoms with van der Waals surface area (Å²) < 4.78 is 1.79. The van der Waals surface area contributed by atoms with Gasteiger partial charge in [-0.25, -0.2) is 4.68 Å². The topological polar surface area (TPSA) is 82.5 Å². The summed E-state index contributed by atoms with van der Waals surface area (Å²) >= 11 is 0. The SMILES string of the molecule is CC(C)(C)n1ncc2c(N)nnnc21. The van der Waals surface area contributed by atoms with Gasteiger partial charge in [0.25, 0.3) is 0 Å². The Morgan fingerprint density at radius 2 is 2.00 bits per heavy atom. The van der Waals surface area contributed by atoms with E-state index in [9.17, 15) is 0 Å². The third-order valence-electron chi connectivity index (χ3n) is 1.95. The zero-order chi connectivity index (χ0) is 10.3. The molecule has 2 rings (SSSR count). The van der Waals surface area contributed by atoms with Crippen LogP contribution >= 0.6 is 0 Å². The molecule has 6 heteroatoms. The van der Waals surface area contributed by atoms with E-state index in [1.54, 1.807) is 10.9 Å². The smallest absolute Gasteiger partial charge is 0.186 e. The van der Waals surface area contributed by atoms with E-state index in [1.165, 1.54) is 0 Å². The van der Waals surface area contributed by atoms with E-state index in [2.05, 4.69) is 20.5 Å². The van der Waals surface area contributed by atoms with E-state index in [-0.39, 0.29) is 5.54 Å². The zero-order valence-electron chi connectivity index (χ0n) is 8.39. The third-order valence-corrected chi connectivity index (χ3v) is 1.95. The molecule has 6 nitrogen and oxygen atoms in total. The maximum absolute atomic E-state index is 5.65. The van der Waals surface area contributed by atoms with Crippen LogP contribution in [-0.2, 0) is 5.54 Å². The molecule has 0 fully saturated rings. The molecule has 0 aliphatic rings. The van der Waals surface area contributed by atoms with Crippen LogP contribution in [0.15, 0.2) is 6.20 Å². The van der Waals surface area contributed by atoms with Crippen LogP contribution in [0.2, 0.25) is 0 Å². The standard InChI is InChI=1S/C8H12N6/c1-8(2,3)14-7-5(4-10-14)6(9)11-13-12-7/h4H,1-3H3,(H2,9,11,12). The Morgan fingerprint density at radius 3 is 2.64 bits per heavy atom. The molecule has 14 heavy (non-hydrogen) atoms. The fourth-order valence-electron chi connectivity index (χ4n) is 1.28. The minimum Gasteiger partial charge on any atom is -0.381 e. The van der Waals surface area contributed by atoms with Crippen LogP contribution in [-0.4, -0.2) is 25.2 Å². The van der Waals surface area contributed by atoms with Crippen molar-refractivity contribution in [2.45, 2.75) is 26.3 Å². The second kappa shape index (κ2) is 2.63. The first-order chi connectivity index (χ1) is 6.50. The number of nitrogens with zero attached hydrogens (tertiary/aromatic N) is 5. The average Bonchev–Trinajstić information content (AvgIpc) is 2.47. The van der Waals surface area contributed by atoms with Crippen molar-refractivity contribution in [1.29, 1.82) is 0 Å². The van der Waals surface area contributed by atoms with E-state index < -0.39 is 0 Å². The Morgan fingerprint density at radius 1 is 1.29 bits per heavy atom. The van der Waals surface area contributed by atoms with Crippen molar-refractivity contribution < 1.29 is 0 Å². The molecule has 0 saturated heterocycles. The number of hydrogen-bond acceptors (Lipinski definition) is 5. The van der Waals surface area contributed by atoms with Crippen molar-refractivity contribution in [3.05, 3.63) is 6.20 Å². The summed E-state index contributed by atoms with van der Waals surface area (Å²) in [7, 11) is 0. The van der Waals surface area contributed by atoms with Gasteiger partial charge in [0.05, 0.1) is 17.1 Å². The first-order valence-electron chi connectivity index (χ1n) is 4.33. The van der Waals surface area contributed by atoms with Crippen LogP contribution in [0.25, 0.3) is 11.0 Å². The van der Waals surface area contributed by atoms with Crippen molar-refractivity contribution in [2.24, 2.45) is 0 Å². The molecule has 0 saturated carbocycles. The summed E-state index contributed by atoms with van der Waals surface area (Å²) in [6.07, 6.45) is 1.66.